The van der Waals surface area contributed by atoms with Gasteiger partial charge in [-0.3, -0.25) is 9.59 Å². The first-order valence-electron chi connectivity index (χ1n) is 7.25. The Morgan fingerprint density at radius 2 is 1.65 bits per heavy atom. The van der Waals surface area contributed by atoms with Crippen LogP contribution in [0.25, 0.3) is 0 Å². The van der Waals surface area contributed by atoms with Crippen molar-refractivity contribution in [1.29, 1.82) is 0 Å². The van der Waals surface area contributed by atoms with Gasteiger partial charge in [0.15, 0.2) is 0 Å². The first-order chi connectivity index (χ1) is 10.8. The second-order valence-electron chi connectivity index (χ2n) is 6.21. The summed E-state index contributed by atoms with van der Waals surface area (Å²) in [6, 6.07) is 14.0. The van der Waals surface area contributed by atoms with Crippen LogP contribution in [0.3, 0.4) is 0 Å². The molecule has 0 radical (unpaired) electrons. The van der Waals surface area contributed by atoms with Crippen LogP contribution < -0.4 is 10.6 Å². The molecule has 0 aromatic heterocycles. The molecule has 2 aromatic rings. The van der Waals surface area contributed by atoms with Gasteiger partial charge >= 0.3 is 0 Å². The van der Waals surface area contributed by atoms with E-state index in [4.69, 9.17) is 0 Å². The zero-order valence-corrected chi connectivity index (χ0v) is 14.9. The second-order valence-corrected chi connectivity index (χ2v) is 7.13. The van der Waals surface area contributed by atoms with Crippen LogP contribution in [0.5, 0.6) is 0 Å². The van der Waals surface area contributed by atoms with E-state index >= 15 is 0 Å². The number of para-hydroxylation sites is 1. The standard InChI is InChI=1S/C18H19BrN2O2/c1-18(2,3)21-17(23)14-9-4-5-10-15(14)20-16(22)12-7-6-8-13(19)11-12/h4-11H,1-3H3,(H,20,22)(H,21,23). The third-order valence-electron chi connectivity index (χ3n) is 3.00. The molecule has 23 heavy (non-hydrogen) atoms. The van der Waals surface area contributed by atoms with Gasteiger partial charge in [0.25, 0.3) is 11.8 Å². The van der Waals surface area contributed by atoms with Gasteiger partial charge in [-0.2, -0.15) is 0 Å². The van der Waals surface area contributed by atoms with Crippen molar-refractivity contribution in [1.82, 2.24) is 5.32 Å². The number of benzene rings is 2. The zero-order valence-electron chi connectivity index (χ0n) is 13.3. The molecule has 2 rings (SSSR count). The van der Waals surface area contributed by atoms with Gasteiger partial charge < -0.3 is 10.6 Å². The van der Waals surface area contributed by atoms with Crippen molar-refractivity contribution in [2.24, 2.45) is 0 Å². The first kappa shape index (κ1) is 17.2. The largest absolute Gasteiger partial charge is 0.347 e. The molecule has 0 bridgehead atoms. The zero-order chi connectivity index (χ0) is 17.0. The number of amides is 2. The summed E-state index contributed by atoms with van der Waals surface area (Å²) in [5.74, 6) is -0.482. The van der Waals surface area contributed by atoms with Gasteiger partial charge in [-0.05, 0) is 51.1 Å². The summed E-state index contributed by atoms with van der Waals surface area (Å²) in [6.45, 7) is 5.73. The van der Waals surface area contributed by atoms with Crippen LogP contribution in [-0.4, -0.2) is 17.4 Å². The second kappa shape index (κ2) is 6.96. The minimum Gasteiger partial charge on any atom is -0.347 e. The highest BCUT2D eigenvalue weighted by Crippen LogP contribution is 2.18. The van der Waals surface area contributed by atoms with Crippen LogP contribution in [0, 0.1) is 0 Å². The monoisotopic (exact) mass is 374 g/mol. The third kappa shape index (κ3) is 4.93. The quantitative estimate of drug-likeness (QED) is 0.844. The molecular formula is C18H19BrN2O2. The Kier molecular flexibility index (Phi) is 5.21. The highest BCUT2D eigenvalue weighted by molar-refractivity contribution is 9.10. The molecule has 0 spiro atoms. The van der Waals surface area contributed by atoms with E-state index in [-0.39, 0.29) is 17.4 Å². The fourth-order valence-corrected chi connectivity index (χ4v) is 2.42. The molecule has 0 fully saturated rings. The smallest absolute Gasteiger partial charge is 0.255 e. The Morgan fingerprint density at radius 3 is 2.30 bits per heavy atom. The minimum absolute atomic E-state index is 0.220. The summed E-state index contributed by atoms with van der Waals surface area (Å²) in [6.07, 6.45) is 0. The molecule has 0 heterocycles. The Labute approximate surface area is 144 Å². The lowest BCUT2D eigenvalue weighted by Crippen LogP contribution is -2.40. The van der Waals surface area contributed by atoms with Crippen LogP contribution in [0.1, 0.15) is 41.5 Å². The van der Waals surface area contributed by atoms with Gasteiger partial charge in [0.1, 0.15) is 0 Å². The van der Waals surface area contributed by atoms with Gasteiger partial charge in [0, 0.05) is 15.6 Å². The third-order valence-corrected chi connectivity index (χ3v) is 3.49. The van der Waals surface area contributed by atoms with Crippen molar-refractivity contribution in [3.8, 4) is 0 Å². The van der Waals surface area contributed by atoms with E-state index in [2.05, 4.69) is 26.6 Å². The number of hydrogen-bond donors (Lipinski definition) is 2. The lowest BCUT2D eigenvalue weighted by atomic mass is 10.1. The topological polar surface area (TPSA) is 58.2 Å². The van der Waals surface area contributed by atoms with Gasteiger partial charge in [0.2, 0.25) is 0 Å². The molecule has 0 aliphatic rings. The Hall–Kier alpha value is -2.14. The molecular weight excluding hydrogens is 356 g/mol. The van der Waals surface area contributed by atoms with E-state index in [1.165, 1.54) is 0 Å². The number of anilines is 1. The van der Waals surface area contributed by atoms with E-state index in [1.807, 2.05) is 26.8 Å². The maximum Gasteiger partial charge on any atom is 0.255 e. The van der Waals surface area contributed by atoms with Crippen LogP contribution >= 0.6 is 15.9 Å². The van der Waals surface area contributed by atoms with Crippen molar-refractivity contribution < 1.29 is 9.59 Å². The summed E-state index contributed by atoms with van der Waals surface area (Å²) >= 11 is 3.34. The molecule has 0 saturated carbocycles. The lowest BCUT2D eigenvalue weighted by Gasteiger charge is -2.21. The first-order valence-corrected chi connectivity index (χ1v) is 8.04. The summed E-state index contributed by atoms with van der Waals surface area (Å²) in [7, 11) is 0. The maximum absolute atomic E-state index is 12.4. The summed E-state index contributed by atoms with van der Waals surface area (Å²) in [4.78, 5) is 24.7. The van der Waals surface area contributed by atoms with Crippen molar-refractivity contribution in [2.45, 2.75) is 26.3 Å². The normalized spacial score (nSPS) is 11.0. The Bertz CT molecular complexity index is 736. The highest BCUT2D eigenvalue weighted by Gasteiger charge is 2.18. The van der Waals surface area contributed by atoms with E-state index in [1.54, 1.807) is 42.5 Å². The van der Waals surface area contributed by atoms with Gasteiger partial charge in [0.05, 0.1) is 11.3 Å². The number of halogens is 1. The molecule has 120 valence electrons. The number of nitrogens with one attached hydrogen (secondary N) is 2. The van der Waals surface area contributed by atoms with Crippen LogP contribution in [0.4, 0.5) is 5.69 Å². The summed E-state index contributed by atoms with van der Waals surface area (Å²) in [5, 5.41) is 5.70. The maximum atomic E-state index is 12.4. The molecule has 0 unspecified atom stereocenters. The van der Waals surface area contributed by atoms with Crippen LogP contribution in [0.2, 0.25) is 0 Å². The molecule has 0 saturated heterocycles. The fraction of sp³-hybridized carbons (Fsp3) is 0.222. The molecule has 2 N–H and O–H groups in total. The lowest BCUT2D eigenvalue weighted by molar-refractivity contribution is 0.0920. The Balaban J connectivity index is 2.24. The predicted molar refractivity (Wildman–Crippen MR) is 95.8 cm³/mol. The fourth-order valence-electron chi connectivity index (χ4n) is 2.02. The molecule has 2 amide bonds. The predicted octanol–water partition coefficient (Wildman–Crippen LogP) is 4.23. The average Bonchev–Trinajstić information content (AvgIpc) is 2.46. The number of hydrogen-bond acceptors (Lipinski definition) is 2. The highest BCUT2D eigenvalue weighted by atomic mass is 79.9. The van der Waals surface area contributed by atoms with Crippen molar-refractivity contribution in [3.63, 3.8) is 0 Å². The molecule has 0 atom stereocenters. The summed E-state index contributed by atoms with van der Waals surface area (Å²) in [5.41, 5.74) is 1.09. The van der Waals surface area contributed by atoms with Crippen LogP contribution in [0.15, 0.2) is 53.0 Å². The SMILES string of the molecule is CC(C)(C)NC(=O)c1ccccc1NC(=O)c1cccc(Br)c1. The van der Waals surface area contributed by atoms with Gasteiger partial charge in [-0.15, -0.1) is 0 Å². The van der Waals surface area contributed by atoms with Crippen molar-refractivity contribution in [2.75, 3.05) is 5.32 Å². The van der Waals surface area contributed by atoms with E-state index in [9.17, 15) is 9.59 Å². The van der Waals surface area contributed by atoms with E-state index < -0.39 is 0 Å². The molecule has 4 nitrogen and oxygen atoms in total. The van der Waals surface area contributed by atoms with Crippen molar-refractivity contribution >= 4 is 33.4 Å². The molecule has 0 aliphatic carbocycles. The van der Waals surface area contributed by atoms with Crippen LogP contribution in [-0.2, 0) is 0 Å². The molecule has 5 heteroatoms. The molecule has 0 aliphatic heterocycles. The Morgan fingerprint density at radius 1 is 0.957 bits per heavy atom. The van der Waals surface area contributed by atoms with E-state index in [0.717, 1.165) is 4.47 Å². The minimum atomic E-state index is -0.349. The summed E-state index contributed by atoms with van der Waals surface area (Å²) < 4.78 is 0.823. The number of rotatable bonds is 3. The van der Waals surface area contributed by atoms with E-state index in [0.29, 0.717) is 16.8 Å². The van der Waals surface area contributed by atoms with Crippen molar-refractivity contribution in [3.05, 3.63) is 64.1 Å². The van der Waals surface area contributed by atoms with Gasteiger partial charge in [-0.1, -0.05) is 34.1 Å². The number of carbonyl (C=O) groups excluding carboxylic acids is 2. The molecule has 2 aromatic carbocycles. The average molecular weight is 375 g/mol. The number of carbonyl (C=O) groups is 2. The van der Waals surface area contributed by atoms with Gasteiger partial charge in [-0.25, -0.2) is 0 Å².